The summed E-state index contributed by atoms with van der Waals surface area (Å²) in [5.74, 6) is 1.18. The molecule has 30 heavy (non-hydrogen) atoms. The molecule has 160 valence electrons. The Morgan fingerprint density at radius 3 is 2.57 bits per heavy atom. The van der Waals surface area contributed by atoms with Gasteiger partial charge in [0.15, 0.2) is 0 Å². The van der Waals surface area contributed by atoms with Crippen molar-refractivity contribution in [3.8, 4) is 5.75 Å². The Kier molecular flexibility index (Phi) is 5.93. The first kappa shape index (κ1) is 21.0. The summed E-state index contributed by atoms with van der Waals surface area (Å²) in [5, 5.41) is 3.42. The number of amides is 1. The molecule has 0 radical (unpaired) electrons. The number of hydrogen-bond donors (Lipinski definition) is 1. The fourth-order valence-corrected chi connectivity index (χ4v) is 6.29. The molecule has 2 aliphatic rings. The van der Waals surface area contributed by atoms with Crippen molar-refractivity contribution in [2.75, 3.05) is 18.0 Å². The van der Waals surface area contributed by atoms with Gasteiger partial charge in [-0.15, -0.1) is 0 Å². The number of sulfonamides is 1. The highest BCUT2D eigenvalue weighted by Gasteiger charge is 2.40. The Balaban J connectivity index is 1.65. The van der Waals surface area contributed by atoms with Crippen molar-refractivity contribution in [3.63, 3.8) is 0 Å². The molecule has 1 N–H and O–H groups in total. The monoisotopic (exact) mass is 448 g/mol. The quantitative estimate of drug-likeness (QED) is 0.698. The molecule has 0 heterocycles. The van der Waals surface area contributed by atoms with Gasteiger partial charge >= 0.3 is 0 Å². The van der Waals surface area contributed by atoms with Crippen molar-refractivity contribution in [3.05, 3.63) is 53.6 Å². The first-order valence-corrected chi connectivity index (χ1v) is 11.9. The summed E-state index contributed by atoms with van der Waals surface area (Å²) in [6.07, 6.45) is 4.48. The highest BCUT2D eigenvalue weighted by atomic mass is 35.5. The largest absolute Gasteiger partial charge is 0.495 e. The Morgan fingerprint density at radius 1 is 1.17 bits per heavy atom. The molecule has 2 aromatic rings. The van der Waals surface area contributed by atoms with Gasteiger partial charge < -0.3 is 10.1 Å². The molecule has 6 nitrogen and oxygen atoms in total. The zero-order chi connectivity index (χ0) is 21.3. The molecule has 0 unspecified atom stereocenters. The lowest BCUT2D eigenvalue weighted by atomic mass is 9.95. The van der Waals surface area contributed by atoms with Crippen LogP contribution in [0.25, 0.3) is 0 Å². The number of anilines is 1. The van der Waals surface area contributed by atoms with E-state index in [0.717, 1.165) is 23.6 Å². The molecule has 0 saturated heterocycles. The van der Waals surface area contributed by atoms with Gasteiger partial charge in [-0.25, -0.2) is 8.42 Å². The molecule has 2 aromatic carbocycles. The average Bonchev–Trinajstić information content (AvgIpc) is 3.36. The van der Waals surface area contributed by atoms with E-state index in [1.54, 1.807) is 30.3 Å². The minimum atomic E-state index is -4.01. The Labute approximate surface area is 182 Å². The van der Waals surface area contributed by atoms with Crippen LogP contribution in [0, 0.1) is 11.8 Å². The number of fused-ring (bicyclic) bond motifs is 2. The number of nitrogens with zero attached hydrogens (tertiary/aromatic N) is 1. The van der Waals surface area contributed by atoms with E-state index in [0.29, 0.717) is 22.6 Å². The van der Waals surface area contributed by atoms with E-state index >= 15 is 0 Å². The number of benzene rings is 2. The summed E-state index contributed by atoms with van der Waals surface area (Å²) in [6.45, 7) is -0.345. The SMILES string of the molecule is COc1ccc(Cl)cc1N(CC(=O)N[C@@H]1C[C@@H]2CC[C@H]1C2)S(=O)(=O)c1ccccc1. The number of hydrogen-bond acceptors (Lipinski definition) is 4. The fourth-order valence-electron chi connectivity index (χ4n) is 4.68. The molecule has 2 aliphatic carbocycles. The number of nitrogens with one attached hydrogen (secondary N) is 1. The van der Waals surface area contributed by atoms with Crippen molar-refractivity contribution in [2.45, 2.75) is 36.6 Å². The maximum absolute atomic E-state index is 13.5. The van der Waals surface area contributed by atoms with Crippen molar-refractivity contribution in [1.82, 2.24) is 5.32 Å². The zero-order valence-electron chi connectivity index (χ0n) is 16.8. The minimum Gasteiger partial charge on any atom is -0.495 e. The van der Waals surface area contributed by atoms with Crippen molar-refractivity contribution in [1.29, 1.82) is 0 Å². The fraction of sp³-hybridized carbons (Fsp3) is 0.409. The van der Waals surface area contributed by atoms with Gasteiger partial charge in [-0.05, 0) is 61.4 Å². The topological polar surface area (TPSA) is 75.7 Å². The van der Waals surface area contributed by atoms with Gasteiger partial charge in [0, 0.05) is 11.1 Å². The second-order valence-electron chi connectivity index (χ2n) is 7.99. The molecule has 2 saturated carbocycles. The van der Waals surface area contributed by atoms with E-state index in [1.165, 1.54) is 31.7 Å². The van der Waals surface area contributed by atoms with Crippen LogP contribution >= 0.6 is 11.6 Å². The minimum absolute atomic E-state index is 0.0970. The summed E-state index contributed by atoms with van der Waals surface area (Å²) < 4.78 is 33.4. The summed E-state index contributed by atoms with van der Waals surface area (Å²) in [4.78, 5) is 13.0. The highest BCUT2D eigenvalue weighted by Crippen LogP contribution is 2.44. The third kappa shape index (κ3) is 4.14. The number of halogens is 1. The van der Waals surface area contributed by atoms with Crippen LogP contribution in [0.3, 0.4) is 0 Å². The molecule has 0 aromatic heterocycles. The van der Waals surface area contributed by atoms with Gasteiger partial charge in [0.25, 0.3) is 10.0 Å². The van der Waals surface area contributed by atoms with Gasteiger partial charge in [-0.2, -0.15) is 0 Å². The second kappa shape index (κ2) is 8.47. The molecular formula is C22H25ClN2O4S. The number of rotatable bonds is 7. The first-order valence-electron chi connectivity index (χ1n) is 10.1. The molecule has 2 fully saturated rings. The lowest BCUT2D eigenvalue weighted by Gasteiger charge is -2.28. The van der Waals surface area contributed by atoms with Crippen LogP contribution in [0.4, 0.5) is 5.69 Å². The van der Waals surface area contributed by atoms with Crippen LogP contribution in [-0.4, -0.2) is 34.0 Å². The van der Waals surface area contributed by atoms with Crippen LogP contribution in [0.15, 0.2) is 53.4 Å². The maximum atomic E-state index is 13.5. The predicted octanol–water partition coefficient (Wildman–Crippen LogP) is 3.85. The predicted molar refractivity (Wildman–Crippen MR) is 116 cm³/mol. The smallest absolute Gasteiger partial charge is 0.264 e. The van der Waals surface area contributed by atoms with Crippen LogP contribution in [0.1, 0.15) is 25.7 Å². The number of ether oxygens (including phenoxy) is 1. The molecule has 1 amide bonds. The van der Waals surface area contributed by atoms with E-state index in [4.69, 9.17) is 16.3 Å². The van der Waals surface area contributed by atoms with E-state index in [1.807, 2.05) is 0 Å². The highest BCUT2D eigenvalue weighted by molar-refractivity contribution is 7.92. The van der Waals surface area contributed by atoms with Gasteiger partial charge in [-0.3, -0.25) is 9.10 Å². The summed E-state index contributed by atoms with van der Waals surface area (Å²) in [6, 6.07) is 12.9. The maximum Gasteiger partial charge on any atom is 0.264 e. The third-order valence-corrected chi connectivity index (χ3v) is 8.12. The van der Waals surface area contributed by atoms with Gasteiger partial charge in [0.05, 0.1) is 17.7 Å². The van der Waals surface area contributed by atoms with Crippen LogP contribution in [0.5, 0.6) is 5.75 Å². The van der Waals surface area contributed by atoms with E-state index in [9.17, 15) is 13.2 Å². The number of carbonyl (C=O) groups excluding carboxylic acids is 1. The Morgan fingerprint density at radius 2 is 1.93 bits per heavy atom. The van der Waals surface area contributed by atoms with Crippen LogP contribution < -0.4 is 14.4 Å². The molecule has 3 atom stereocenters. The molecule has 2 bridgehead atoms. The van der Waals surface area contributed by atoms with E-state index in [2.05, 4.69) is 5.32 Å². The molecule has 8 heteroatoms. The molecule has 4 rings (SSSR count). The van der Waals surface area contributed by atoms with E-state index in [-0.39, 0.29) is 29.1 Å². The zero-order valence-corrected chi connectivity index (χ0v) is 18.3. The second-order valence-corrected chi connectivity index (χ2v) is 10.3. The average molecular weight is 449 g/mol. The number of methoxy groups -OCH3 is 1. The van der Waals surface area contributed by atoms with Crippen molar-refractivity contribution >= 4 is 33.2 Å². The first-order chi connectivity index (χ1) is 14.4. The van der Waals surface area contributed by atoms with Gasteiger partial charge in [0.1, 0.15) is 12.3 Å². The molecular weight excluding hydrogens is 424 g/mol. The standard InChI is InChI=1S/C22H25ClN2O4S/c1-29-21-10-9-17(23)13-20(21)25(30(27,28)18-5-3-2-4-6-18)14-22(26)24-19-12-15-7-8-16(19)11-15/h2-6,9-10,13,15-16,19H,7-8,11-12,14H2,1H3,(H,24,26)/t15-,16+,19-/m1/s1. The van der Waals surface area contributed by atoms with Crippen molar-refractivity contribution in [2.24, 2.45) is 11.8 Å². The third-order valence-electron chi connectivity index (χ3n) is 6.11. The van der Waals surface area contributed by atoms with Crippen LogP contribution in [-0.2, 0) is 14.8 Å². The Hall–Kier alpha value is -2.25. The Bertz CT molecular complexity index is 1030. The lowest BCUT2D eigenvalue weighted by Crippen LogP contribution is -2.46. The lowest BCUT2D eigenvalue weighted by molar-refractivity contribution is -0.120. The summed E-state index contributed by atoms with van der Waals surface area (Å²) >= 11 is 6.15. The molecule has 0 aliphatic heterocycles. The normalized spacial score (nSPS) is 22.7. The van der Waals surface area contributed by atoms with Crippen molar-refractivity contribution < 1.29 is 17.9 Å². The summed E-state index contributed by atoms with van der Waals surface area (Å²) in [7, 11) is -2.55. The number of carbonyl (C=O) groups is 1. The molecule has 0 spiro atoms. The van der Waals surface area contributed by atoms with Crippen LogP contribution in [0.2, 0.25) is 5.02 Å². The summed E-state index contributed by atoms with van der Waals surface area (Å²) in [5.41, 5.74) is 0.233. The van der Waals surface area contributed by atoms with Gasteiger partial charge in [0.2, 0.25) is 5.91 Å². The van der Waals surface area contributed by atoms with E-state index < -0.39 is 10.0 Å². The van der Waals surface area contributed by atoms with Gasteiger partial charge in [-0.1, -0.05) is 36.2 Å².